The molecule has 3 aromatic rings. The van der Waals surface area contributed by atoms with Gasteiger partial charge >= 0.3 is 0 Å². The molecule has 0 aromatic heterocycles. The number of allylic oxidation sites excluding steroid dienone is 1. The second-order valence-electron chi connectivity index (χ2n) is 10.1. The predicted molar refractivity (Wildman–Crippen MR) is 150 cm³/mol. The van der Waals surface area contributed by atoms with Gasteiger partial charge in [0.05, 0.1) is 24.2 Å². The van der Waals surface area contributed by atoms with Gasteiger partial charge in [-0.1, -0.05) is 73.7 Å². The number of nitrogens with zero attached hydrogens (tertiary/aromatic N) is 1. The van der Waals surface area contributed by atoms with Gasteiger partial charge in [0.2, 0.25) is 5.91 Å². The normalized spacial score (nSPS) is 17.9. The van der Waals surface area contributed by atoms with E-state index in [0.717, 1.165) is 24.0 Å². The van der Waals surface area contributed by atoms with Crippen molar-refractivity contribution in [3.05, 3.63) is 113 Å². The molecular weight excluding hydrogens is 476 g/mol. The summed E-state index contributed by atoms with van der Waals surface area (Å²) >= 11 is 0. The zero-order valence-corrected chi connectivity index (χ0v) is 21.8. The molecule has 38 heavy (non-hydrogen) atoms. The van der Waals surface area contributed by atoms with Crippen molar-refractivity contribution in [2.45, 2.75) is 56.8 Å². The molecule has 0 aliphatic carbocycles. The highest BCUT2D eigenvalue weighted by Crippen LogP contribution is 2.40. The monoisotopic (exact) mass is 512 g/mol. The number of carbonyl (C=O) groups excluding carboxylic acids is 1. The predicted octanol–water partition coefficient (Wildman–Crippen LogP) is 4.40. The molecule has 6 heteroatoms. The molecule has 0 bridgehead atoms. The average Bonchev–Trinajstić information content (AvgIpc) is 3.38. The molecule has 2 unspecified atom stereocenters. The molecule has 0 radical (unpaired) electrons. The van der Waals surface area contributed by atoms with E-state index < -0.39 is 11.1 Å². The highest BCUT2D eigenvalue weighted by molar-refractivity contribution is 5.78. The first-order valence-electron chi connectivity index (χ1n) is 13.1. The smallest absolute Gasteiger partial charge is 0.224 e. The van der Waals surface area contributed by atoms with E-state index >= 15 is 0 Å². The van der Waals surface area contributed by atoms with Gasteiger partial charge in [-0.15, -0.1) is 0 Å². The van der Waals surface area contributed by atoms with Gasteiger partial charge in [0.15, 0.2) is 0 Å². The quantitative estimate of drug-likeness (QED) is 0.289. The van der Waals surface area contributed by atoms with Crippen LogP contribution >= 0.6 is 0 Å². The van der Waals surface area contributed by atoms with Gasteiger partial charge in [-0.25, -0.2) is 0 Å². The van der Waals surface area contributed by atoms with Gasteiger partial charge in [0.25, 0.3) is 0 Å². The van der Waals surface area contributed by atoms with Crippen molar-refractivity contribution in [1.82, 2.24) is 5.32 Å². The summed E-state index contributed by atoms with van der Waals surface area (Å²) in [6.45, 7) is 2.28. The van der Waals surface area contributed by atoms with Crippen molar-refractivity contribution in [1.29, 1.82) is 0 Å². The highest BCUT2D eigenvalue weighted by atomic mass is 16.3. The van der Waals surface area contributed by atoms with Crippen LogP contribution < -0.4 is 5.32 Å². The van der Waals surface area contributed by atoms with E-state index in [1.165, 1.54) is 11.6 Å². The van der Waals surface area contributed by atoms with Crippen LogP contribution in [-0.4, -0.2) is 39.5 Å². The van der Waals surface area contributed by atoms with E-state index in [1.807, 2.05) is 73.7 Å². The maximum Gasteiger partial charge on any atom is 0.224 e. The summed E-state index contributed by atoms with van der Waals surface area (Å²) in [6.07, 6.45) is 8.05. The van der Waals surface area contributed by atoms with Crippen LogP contribution in [0.25, 0.3) is 0 Å². The maximum atomic E-state index is 12.6. The standard InChI is InChI=1S/C32H36N2O4/c1-2-31(15-7-16-34-31)23-32(38,28-12-13-29(36)27(20-28)22-35)21-26-11-6-10-25(18-26)19-30(37)33-17-14-24-8-4-3-5-9-24/h3-13,15-16,18,20,35-36,38H,2,14,17,19,21-23H2,1H3,(H,33,37). The van der Waals surface area contributed by atoms with Crippen molar-refractivity contribution in [2.75, 3.05) is 6.54 Å². The second-order valence-corrected chi connectivity index (χ2v) is 10.1. The Morgan fingerprint density at radius 2 is 1.76 bits per heavy atom. The largest absolute Gasteiger partial charge is 0.508 e. The third kappa shape index (κ3) is 6.77. The van der Waals surface area contributed by atoms with Gasteiger partial charge in [-0.3, -0.25) is 9.79 Å². The Labute approximate surface area is 224 Å². The number of hydrogen-bond donors (Lipinski definition) is 4. The molecule has 1 aliphatic heterocycles. The van der Waals surface area contributed by atoms with Crippen molar-refractivity contribution in [3.63, 3.8) is 0 Å². The Morgan fingerprint density at radius 1 is 1.00 bits per heavy atom. The summed E-state index contributed by atoms with van der Waals surface area (Å²) in [5.41, 5.74) is 2.03. The van der Waals surface area contributed by atoms with E-state index in [0.29, 0.717) is 24.1 Å². The number of aromatic hydroxyl groups is 1. The van der Waals surface area contributed by atoms with Crippen LogP contribution in [0.2, 0.25) is 0 Å². The number of phenols is 1. The average molecular weight is 513 g/mol. The third-order valence-electron chi connectivity index (χ3n) is 7.25. The number of aliphatic hydroxyl groups excluding tert-OH is 1. The molecular formula is C32H36N2O4. The van der Waals surface area contributed by atoms with Crippen LogP contribution in [-0.2, 0) is 36.3 Å². The summed E-state index contributed by atoms with van der Waals surface area (Å²) in [6, 6.07) is 22.6. The SMILES string of the molecule is CCC1(CC(O)(Cc2cccc(CC(=O)NCCc3ccccc3)c2)c2ccc(O)c(CO)c2)C=CC=N1. The molecule has 3 aromatic carbocycles. The minimum Gasteiger partial charge on any atom is -0.508 e. The minimum absolute atomic E-state index is 0.0112. The number of nitrogens with one attached hydrogen (secondary N) is 1. The molecule has 4 rings (SSSR count). The van der Waals surface area contributed by atoms with Crippen molar-refractivity contribution >= 4 is 12.1 Å². The lowest BCUT2D eigenvalue weighted by Crippen LogP contribution is -2.38. The Bertz CT molecular complexity index is 1290. The molecule has 1 amide bonds. The molecule has 1 aliphatic rings. The second kappa shape index (κ2) is 12.2. The first-order chi connectivity index (χ1) is 18.3. The molecule has 0 fully saturated rings. The summed E-state index contributed by atoms with van der Waals surface area (Å²) in [5.74, 6) is -0.0577. The van der Waals surface area contributed by atoms with Crippen LogP contribution in [0.4, 0.5) is 0 Å². The zero-order valence-electron chi connectivity index (χ0n) is 21.8. The van der Waals surface area contributed by atoms with Gasteiger partial charge in [0.1, 0.15) is 5.75 Å². The van der Waals surface area contributed by atoms with Gasteiger partial charge in [-0.05, 0) is 53.3 Å². The number of aliphatic hydroxyl groups is 2. The fourth-order valence-electron chi connectivity index (χ4n) is 5.10. The lowest BCUT2D eigenvalue weighted by molar-refractivity contribution is -0.120. The van der Waals surface area contributed by atoms with Crippen molar-refractivity contribution in [2.24, 2.45) is 4.99 Å². The molecule has 4 N–H and O–H groups in total. The summed E-state index contributed by atoms with van der Waals surface area (Å²) in [5, 5.41) is 35.0. The Hall–Kier alpha value is -3.74. The fraction of sp³-hybridized carbons (Fsp3) is 0.312. The molecule has 0 spiro atoms. The summed E-state index contributed by atoms with van der Waals surface area (Å²) in [4.78, 5) is 17.3. The number of aliphatic imine (C=N–C) groups is 1. The van der Waals surface area contributed by atoms with E-state index in [9.17, 15) is 20.1 Å². The minimum atomic E-state index is -1.32. The Kier molecular flexibility index (Phi) is 8.77. The number of hydrogen-bond acceptors (Lipinski definition) is 5. The zero-order chi connectivity index (χ0) is 27.0. The van der Waals surface area contributed by atoms with E-state index in [2.05, 4.69) is 10.3 Å². The highest BCUT2D eigenvalue weighted by Gasteiger charge is 2.40. The topological polar surface area (TPSA) is 102 Å². The van der Waals surface area contributed by atoms with E-state index in [-0.39, 0.29) is 31.1 Å². The molecule has 0 saturated carbocycles. The molecule has 1 heterocycles. The number of benzene rings is 3. The molecule has 0 saturated heterocycles. The van der Waals surface area contributed by atoms with Crippen molar-refractivity contribution < 1.29 is 20.1 Å². The van der Waals surface area contributed by atoms with Crippen LogP contribution in [0.3, 0.4) is 0 Å². The number of carbonyl (C=O) groups is 1. The van der Waals surface area contributed by atoms with Gasteiger partial charge < -0.3 is 20.6 Å². The van der Waals surface area contributed by atoms with Crippen LogP contribution in [0.5, 0.6) is 5.75 Å². The first-order valence-corrected chi connectivity index (χ1v) is 13.1. The molecule has 2 atom stereocenters. The van der Waals surface area contributed by atoms with E-state index in [1.54, 1.807) is 18.3 Å². The van der Waals surface area contributed by atoms with Crippen LogP contribution in [0.15, 0.2) is 89.9 Å². The maximum absolute atomic E-state index is 12.6. The lowest BCUT2D eigenvalue weighted by Gasteiger charge is -2.36. The summed E-state index contributed by atoms with van der Waals surface area (Å²) in [7, 11) is 0. The number of amides is 1. The Balaban J connectivity index is 1.51. The third-order valence-corrected chi connectivity index (χ3v) is 7.25. The molecule has 198 valence electrons. The fourth-order valence-corrected chi connectivity index (χ4v) is 5.10. The summed E-state index contributed by atoms with van der Waals surface area (Å²) < 4.78 is 0. The lowest BCUT2D eigenvalue weighted by atomic mass is 9.75. The van der Waals surface area contributed by atoms with Crippen molar-refractivity contribution in [3.8, 4) is 5.75 Å². The Morgan fingerprint density at radius 3 is 2.47 bits per heavy atom. The van der Waals surface area contributed by atoms with Gasteiger partial charge in [-0.2, -0.15) is 0 Å². The first kappa shape index (κ1) is 27.3. The molecule has 6 nitrogen and oxygen atoms in total. The van der Waals surface area contributed by atoms with Gasteiger partial charge in [0, 0.05) is 31.2 Å². The van der Waals surface area contributed by atoms with Crippen LogP contribution in [0.1, 0.15) is 47.6 Å². The number of rotatable bonds is 12. The van der Waals surface area contributed by atoms with Crippen LogP contribution in [0, 0.1) is 0 Å². The van der Waals surface area contributed by atoms with E-state index in [4.69, 9.17) is 0 Å².